The second-order valence-electron chi connectivity index (χ2n) is 6.32. The zero-order chi connectivity index (χ0) is 18.3. The number of thiophene rings is 1. The van der Waals surface area contributed by atoms with Crippen molar-refractivity contribution in [2.75, 3.05) is 19.5 Å². The molecule has 2 aromatic heterocycles. The van der Waals surface area contributed by atoms with Crippen molar-refractivity contribution in [2.24, 2.45) is 0 Å². The summed E-state index contributed by atoms with van der Waals surface area (Å²) in [5, 5.41) is 5.07. The zero-order valence-corrected chi connectivity index (χ0v) is 16.6. The Morgan fingerprint density at radius 3 is 2.62 bits per heavy atom. The standard InChI is InChI=1S/C19H20ClN3O2S/c1-10-21-18(17-11-6-4-5-7-16(11)26-19(17)22-10)23-13-8-12(20)14(24-2)9-15(13)25-3/h8-9H,4-7H2,1-3H3,(H,21,22,23). The fourth-order valence-electron chi connectivity index (χ4n) is 3.44. The molecule has 2 heterocycles. The minimum absolute atomic E-state index is 0.519. The molecule has 5 nitrogen and oxygen atoms in total. The summed E-state index contributed by atoms with van der Waals surface area (Å²) < 4.78 is 10.8. The van der Waals surface area contributed by atoms with E-state index in [0.717, 1.165) is 40.4 Å². The van der Waals surface area contributed by atoms with Crippen LogP contribution >= 0.6 is 22.9 Å². The number of benzene rings is 1. The van der Waals surface area contributed by atoms with Crippen LogP contribution in [0.4, 0.5) is 11.5 Å². The molecule has 3 aromatic rings. The third-order valence-electron chi connectivity index (χ3n) is 4.65. The summed E-state index contributed by atoms with van der Waals surface area (Å²) in [6.07, 6.45) is 4.67. The van der Waals surface area contributed by atoms with Gasteiger partial charge in [-0.15, -0.1) is 11.3 Å². The Hall–Kier alpha value is -2.05. The van der Waals surface area contributed by atoms with Crippen LogP contribution in [0.2, 0.25) is 5.02 Å². The van der Waals surface area contributed by atoms with Gasteiger partial charge in [0, 0.05) is 10.9 Å². The molecule has 1 aromatic carbocycles. The lowest BCUT2D eigenvalue weighted by atomic mass is 9.97. The molecular weight excluding hydrogens is 370 g/mol. The van der Waals surface area contributed by atoms with Gasteiger partial charge in [0.05, 0.1) is 30.3 Å². The number of ether oxygens (including phenoxy) is 2. The summed E-state index contributed by atoms with van der Waals surface area (Å²) >= 11 is 8.11. The molecule has 136 valence electrons. The number of nitrogens with zero attached hydrogens (tertiary/aromatic N) is 2. The van der Waals surface area contributed by atoms with Crippen molar-refractivity contribution in [3.8, 4) is 11.5 Å². The SMILES string of the molecule is COc1cc(OC)c(Nc2nc(C)nc3sc4c(c23)CCCC4)cc1Cl. The topological polar surface area (TPSA) is 56.3 Å². The van der Waals surface area contributed by atoms with Crippen LogP contribution in [-0.2, 0) is 12.8 Å². The second kappa shape index (κ2) is 6.93. The van der Waals surface area contributed by atoms with Gasteiger partial charge >= 0.3 is 0 Å². The number of anilines is 2. The van der Waals surface area contributed by atoms with Gasteiger partial charge in [0.2, 0.25) is 0 Å². The molecular formula is C19H20ClN3O2S. The Labute approximate surface area is 161 Å². The molecule has 0 fully saturated rings. The maximum absolute atomic E-state index is 6.32. The summed E-state index contributed by atoms with van der Waals surface area (Å²) in [6.45, 7) is 1.92. The molecule has 0 aliphatic heterocycles. The van der Waals surface area contributed by atoms with Crippen molar-refractivity contribution in [1.82, 2.24) is 9.97 Å². The van der Waals surface area contributed by atoms with Crippen LogP contribution in [0.25, 0.3) is 10.2 Å². The molecule has 0 atom stereocenters. The van der Waals surface area contributed by atoms with Crippen molar-refractivity contribution in [3.05, 3.63) is 33.4 Å². The van der Waals surface area contributed by atoms with Gasteiger partial charge in [0.1, 0.15) is 28.0 Å². The number of hydrogen-bond donors (Lipinski definition) is 1. The first-order chi connectivity index (χ1) is 12.6. The second-order valence-corrected chi connectivity index (χ2v) is 7.81. The van der Waals surface area contributed by atoms with Crippen molar-refractivity contribution >= 4 is 44.7 Å². The van der Waals surface area contributed by atoms with Crippen LogP contribution in [0.1, 0.15) is 29.1 Å². The number of rotatable bonds is 4. The number of halogens is 1. The zero-order valence-electron chi connectivity index (χ0n) is 15.0. The van der Waals surface area contributed by atoms with E-state index >= 15 is 0 Å². The van der Waals surface area contributed by atoms with E-state index in [1.165, 1.54) is 23.3 Å². The van der Waals surface area contributed by atoms with E-state index in [4.69, 9.17) is 21.1 Å². The number of hydrogen-bond acceptors (Lipinski definition) is 6. The van der Waals surface area contributed by atoms with Gasteiger partial charge < -0.3 is 14.8 Å². The van der Waals surface area contributed by atoms with E-state index in [2.05, 4.69) is 15.3 Å². The average molecular weight is 390 g/mol. The summed E-state index contributed by atoms with van der Waals surface area (Å²) in [5.74, 6) is 2.79. The molecule has 0 bridgehead atoms. The Balaban J connectivity index is 1.85. The number of methoxy groups -OCH3 is 2. The fourth-order valence-corrected chi connectivity index (χ4v) is 4.99. The quantitative estimate of drug-likeness (QED) is 0.656. The van der Waals surface area contributed by atoms with E-state index < -0.39 is 0 Å². The predicted octanol–water partition coefficient (Wildman–Crippen LogP) is 5.29. The van der Waals surface area contributed by atoms with Gasteiger partial charge in [-0.05, 0) is 44.2 Å². The third-order valence-corrected chi connectivity index (χ3v) is 6.13. The monoisotopic (exact) mass is 389 g/mol. The number of fused-ring (bicyclic) bond motifs is 3. The van der Waals surface area contributed by atoms with Gasteiger partial charge in [-0.2, -0.15) is 0 Å². The highest BCUT2D eigenvalue weighted by Crippen LogP contribution is 2.42. The van der Waals surface area contributed by atoms with Crippen LogP contribution in [0, 0.1) is 6.92 Å². The Morgan fingerprint density at radius 1 is 1.08 bits per heavy atom. The molecule has 1 aliphatic rings. The molecule has 7 heteroatoms. The Morgan fingerprint density at radius 2 is 1.85 bits per heavy atom. The number of aryl methyl sites for hydroxylation is 3. The van der Waals surface area contributed by atoms with Crippen molar-refractivity contribution < 1.29 is 9.47 Å². The Bertz CT molecular complexity index is 987. The van der Waals surface area contributed by atoms with Crippen molar-refractivity contribution in [3.63, 3.8) is 0 Å². The molecule has 0 spiro atoms. The van der Waals surface area contributed by atoms with Crippen molar-refractivity contribution in [1.29, 1.82) is 0 Å². The molecule has 1 N–H and O–H groups in total. The van der Waals surface area contributed by atoms with Crippen LogP contribution in [0.5, 0.6) is 11.5 Å². The first kappa shape index (κ1) is 17.4. The minimum Gasteiger partial charge on any atom is -0.495 e. The first-order valence-electron chi connectivity index (χ1n) is 8.58. The van der Waals surface area contributed by atoms with Gasteiger partial charge in [-0.3, -0.25) is 0 Å². The van der Waals surface area contributed by atoms with E-state index in [1.54, 1.807) is 37.7 Å². The van der Waals surface area contributed by atoms with Crippen LogP contribution in [0.15, 0.2) is 12.1 Å². The molecule has 1 aliphatic carbocycles. The highest BCUT2D eigenvalue weighted by molar-refractivity contribution is 7.19. The summed E-state index contributed by atoms with van der Waals surface area (Å²) in [6, 6.07) is 3.58. The smallest absolute Gasteiger partial charge is 0.146 e. The lowest BCUT2D eigenvalue weighted by molar-refractivity contribution is 0.396. The highest BCUT2D eigenvalue weighted by Gasteiger charge is 2.21. The maximum atomic E-state index is 6.32. The van der Waals surface area contributed by atoms with E-state index in [1.807, 2.05) is 6.92 Å². The first-order valence-corrected chi connectivity index (χ1v) is 9.77. The summed E-state index contributed by atoms with van der Waals surface area (Å²) in [4.78, 5) is 11.8. The molecule has 26 heavy (non-hydrogen) atoms. The van der Waals surface area contributed by atoms with E-state index in [0.29, 0.717) is 16.5 Å². The number of nitrogens with one attached hydrogen (secondary N) is 1. The van der Waals surface area contributed by atoms with Crippen LogP contribution in [-0.4, -0.2) is 24.2 Å². The minimum atomic E-state index is 0.519. The van der Waals surface area contributed by atoms with E-state index in [9.17, 15) is 0 Å². The third kappa shape index (κ3) is 2.97. The number of aromatic nitrogens is 2. The van der Waals surface area contributed by atoms with Crippen molar-refractivity contribution in [2.45, 2.75) is 32.6 Å². The molecule has 0 radical (unpaired) electrons. The van der Waals surface area contributed by atoms with Gasteiger partial charge in [0.25, 0.3) is 0 Å². The molecule has 0 saturated carbocycles. The Kier molecular flexibility index (Phi) is 4.63. The molecule has 0 saturated heterocycles. The fraction of sp³-hybridized carbons (Fsp3) is 0.368. The predicted molar refractivity (Wildman–Crippen MR) is 107 cm³/mol. The van der Waals surface area contributed by atoms with Gasteiger partial charge in [0.15, 0.2) is 0 Å². The summed E-state index contributed by atoms with van der Waals surface area (Å²) in [5.41, 5.74) is 2.14. The highest BCUT2D eigenvalue weighted by atomic mass is 35.5. The van der Waals surface area contributed by atoms with Gasteiger partial charge in [-0.25, -0.2) is 9.97 Å². The molecule has 4 rings (SSSR count). The maximum Gasteiger partial charge on any atom is 0.146 e. The molecule has 0 unspecified atom stereocenters. The summed E-state index contributed by atoms with van der Waals surface area (Å²) in [7, 11) is 3.21. The van der Waals surface area contributed by atoms with Crippen LogP contribution in [0.3, 0.4) is 0 Å². The lowest BCUT2D eigenvalue weighted by Gasteiger charge is -2.16. The normalized spacial score (nSPS) is 13.5. The largest absolute Gasteiger partial charge is 0.495 e. The lowest BCUT2D eigenvalue weighted by Crippen LogP contribution is -2.03. The van der Waals surface area contributed by atoms with E-state index in [-0.39, 0.29) is 0 Å². The average Bonchev–Trinajstić information content (AvgIpc) is 3.00. The van der Waals surface area contributed by atoms with Gasteiger partial charge in [-0.1, -0.05) is 11.6 Å². The molecule has 0 amide bonds. The van der Waals surface area contributed by atoms with Crippen LogP contribution < -0.4 is 14.8 Å².